The van der Waals surface area contributed by atoms with Crippen LogP contribution in [0.25, 0.3) is 0 Å². The number of hydrogen-bond donors (Lipinski definition) is 1. The van der Waals surface area contributed by atoms with E-state index >= 15 is 0 Å². The minimum Gasteiger partial charge on any atom is -0.311 e. The van der Waals surface area contributed by atoms with Crippen LogP contribution in [0, 0.1) is 0 Å². The molecule has 0 heterocycles. The summed E-state index contributed by atoms with van der Waals surface area (Å²) in [4.78, 5) is 0. The Morgan fingerprint density at radius 3 is 2.08 bits per heavy atom. The molecule has 0 saturated carbocycles. The highest BCUT2D eigenvalue weighted by atomic mass is 79.9. The molecule has 5 heteroatoms. The summed E-state index contributed by atoms with van der Waals surface area (Å²) >= 11 is 3.25. The third-order valence-corrected chi connectivity index (χ3v) is 2.13. The Hall–Kier alpha value is 0.230. The van der Waals surface area contributed by atoms with Crippen LogP contribution < -0.4 is 5.32 Å². The van der Waals surface area contributed by atoms with Gasteiger partial charge in [-0.1, -0.05) is 15.9 Å². The van der Waals surface area contributed by atoms with Gasteiger partial charge in [-0.05, 0) is 20.3 Å². The van der Waals surface area contributed by atoms with Crippen molar-refractivity contribution in [3.05, 3.63) is 0 Å². The zero-order chi connectivity index (χ0) is 10.5. The van der Waals surface area contributed by atoms with Crippen LogP contribution >= 0.6 is 15.9 Å². The first-order chi connectivity index (χ1) is 5.77. The van der Waals surface area contributed by atoms with E-state index in [1.54, 1.807) is 0 Å². The van der Waals surface area contributed by atoms with Crippen LogP contribution in [0.15, 0.2) is 0 Å². The van der Waals surface area contributed by atoms with Crippen LogP contribution in [0.5, 0.6) is 0 Å². The fourth-order valence-corrected chi connectivity index (χ4v) is 1.86. The van der Waals surface area contributed by atoms with Crippen molar-refractivity contribution >= 4 is 15.9 Å². The van der Waals surface area contributed by atoms with Gasteiger partial charge in [-0.3, -0.25) is 0 Å². The van der Waals surface area contributed by atoms with Gasteiger partial charge in [0.1, 0.15) is 0 Å². The van der Waals surface area contributed by atoms with Crippen LogP contribution in [0.4, 0.5) is 13.2 Å². The summed E-state index contributed by atoms with van der Waals surface area (Å²) < 4.78 is 35.3. The second kappa shape index (κ2) is 5.20. The maximum absolute atomic E-state index is 11.8. The highest BCUT2D eigenvalue weighted by molar-refractivity contribution is 9.09. The molecule has 0 unspecified atom stereocenters. The third-order valence-electron chi connectivity index (χ3n) is 1.73. The zero-order valence-corrected chi connectivity index (χ0v) is 9.43. The fraction of sp³-hybridized carbons (Fsp3) is 1.00. The lowest BCUT2D eigenvalue weighted by atomic mass is 10.0. The highest BCUT2D eigenvalue weighted by Gasteiger charge is 2.27. The van der Waals surface area contributed by atoms with E-state index in [4.69, 9.17) is 0 Å². The molecule has 0 fully saturated rings. The van der Waals surface area contributed by atoms with E-state index < -0.39 is 12.6 Å². The van der Waals surface area contributed by atoms with Gasteiger partial charge < -0.3 is 5.32 Å². The van der Waals surface area contributed by atoms with Crippen molar-refractivity contribution in [1.29, 1.82) is 0 Å². The predicted octanol–water partition coefficient (Wildman–Crippen LogP) is 3.09. The van der Waals surface area contributed by atoms with Crippen molar-refractivity contribution in [2.75, 3.05) is 11.9 Å². The topological polar surface area (TPSA) is 12.0 Å². The normalized spacial score (nSPS) is 13.4. The van der Waals surface area contributed by atoms with Crippen molar-refractivity contribution < 1.29 is 13.2 Å². The Bertz CT molecular complexity index is 145. The molecule has 0 aliphatic heterocycles. The molecule has 0 saturated heterocycles. The minimum absolute atomic E-state index is 0.0104. The molecule has 0 aromatic rings. The largest absolute Gasteiger partial charge is 0.390 e. The van der Waals surface area contributed by atoms with Gasteiger partial charge in [0.05, 0.1) is 6.42 Å². The van der Waals surface area contributed by atoms with Crippen LogP contribution in [-0.2, 0) is 0 Å². The molecular formula is C8H15BrF3N. The smallest absolute Gasteiger partial charge is 0.311 e. The van der Waals surface area contributed by atoms with E-state index in [1.807, 2.05) is 13.8 Å². The van der Waals surface area contributed by atoms with Crippen LogP contribution in [0.2, 0.25) is 0 Å². The summed E-state index contributed by atoms with van der Waals surface area (Å²) in [7, 11) is 0. The average Bonchev–Trinajstić information content (AvgIpc) is 1.82. The molecule has 0 atom stereocenters. The summed E-state index contributed by atoms with van der Waals surface area (Å²) in [5.74, 6) is 0. The van der Waals surface area contributed by atoms with Gasteiger partial charge in [0.25, 0.3) is 0 Å². The lowest BCUT2D eigenvalue weighted by molar-refractivity contribution is -0.134. The first kappa shape index (κ1) is 13.2. The summed E-state index contributed by atoms with van der Waals surface area (Å²) in [6, 6.07) is 0. The van der Waals surface area contributed by atoms with E-state index in [-0.39, 0.29) is 12.1 Å². The lowest BCUT2D eigenvalue weighted by Gasteiger charge is -2.25. The quantitative estimate of drug-likeness (QED) is 0.751. The van der Waals surface area contributed by atoms with Gasteiger partial charge in [0.2, 0.25) is 0 Å². The van der Waals surface area contributed by atoms with Gasteiger partial charge in [0, 0.05) is 17.4 Å². The van der Waals surface area contributed by atoms with E-state index in [1.165, 1.54) is 0 Å². The monoisotopic (exact) mass is 261 g/mol. The number of alkyl halides is 4. The number of hydrogen-bond acceptors (Lipinski definition) is 1. The molecule has 0 bridgehead atoms. The predicted molar refractivity (Wildman–Crippen MR) is 51.2 cm³/mol. The molecule has 0 spiro atoms. The van der Waals surface area contributed by atoms with Gasteiger partial charge in [0.15, 0.2) is 0 Å². The number of halogens is 4. The highest BCUT2D eigenvalue weighted by Crippen LogP contribution is 2.19. The second-order valence-corrected chi connectivity index (χ2v) is 4.41. The first-order valence-corrected chi connectivity index (χ1v) is 5.27. The van der Waals surface area contributed by atoms with Crippen molar-refractivity contribution in [1.82, 2.24) is 5.32 Å². The van der Waals surface area contributed by atoms with Crippen LogP contribution in [0.1, 0.15) is 26.7 Å². The molecule has 80 valence electrons. The Morgan fingerprint density at radius 1 is 1.15 bits per heavy atom. The van der Waals surface area contributed by atoms with Crippen molar-refractivity contribution in [3.63, 3.8) is 0 Å². The molecule has 13 heavy (non-hydrogen) atoms. The van der Waals surface area contributed by atoms with E-state index in [2.05, 4.69) is 21.2 Å². The van der Waals surface area contributed by atoms with Gasteiger partial charge in [-0.15, -0.1) is 0 Å². The molecule has 0 aromatic heterocycles. The molecule has 1 nitrogen and oxygen atoms in total. The van der Waals surface area contributed by atoms with Crippen molar-refractivity contribution in [2.24, 2.45) is 0 Å². The number of nitrogens with one attached hydrogen (secondary N) is 1. The number of rotatable bonds is 5. The van der Waals surface area contributed by atoms with E-state index in [0.29, 0.717) is 0 Å². The minimum atomic E-state index is -4.06. The molecule has 0 amide bonds. The summed E-state index contributed by atoms with van der Waals surface area (Å²) in [6.45, 7) is 3.78. The maximum atomic E-state index is 11.8. The molecule has 0 aromatic carbocycles. The summed E-state index contributed by atoms with van der Waals surface area (Å²) in [6.07, 6.45) is -4.01. The fourth-order valence-electron chi connectivity index (χ4n) is 0.867. The van der Waals surface area contributed by atoms with Gasteiger partial charge >= 0.3 is 6.18 Å². The lowest BCUT2D eigenvalue weighted by Crippen LogP contribution is -2.41. The summed E-state index contributed by atoms with van der Waals surface area (Å²) in [5, 5.41) is 3.66. The van der Waals surface area contributed by atoms with Gasteiger partial charge in [-0.25, -0.2) is 0 Å². The van der Waals surface area contributed by atoms with Crippen molar-refractivity contribution in [3.8, 4) is 0 Å². The standard InChI is InChI=1S/C8H15BrF3N/c1-7(2,3-5-9)13-6-4-8(10,11)12/h13H,3-6H2,1-2H3. The Balaban J connectivity index is 3.63. The Labute approximate surface area is 85.2 Å². The van der Waals surface area contributed by atoms with E-state index in [9.17, 15) is 13.2 Å². The van der Waals surface area contributed by atoms with Crippen LogP contribution in [0.3, 0.4) is 0 Å². The molecule has 0 rings (SSSR count). The molecular weight excluding hydrogens is 247 g/mol. The molecule has 0 radical (unpaired) electrons. The SMILES string of the molecule is CC(C)(CCBr)NCCC(F)(F)F. The molecule has 0 aliphatic carbocycles. The Morgan fingerprint density at radius 2 is 1.69 bits per heavy atom. The molecule has 1 N–H and O–H groups in total. The van der Waals surface area contributed by atoms with Crippen LogP contribution in [-0.4, -0.2) is 23.6 Å². The Kier molecular flexibility index (Phi) is 5.29. The maximum Gasteiger partial charge on any atom is 0.390 e. The molecule has 0 aliphatic rings. The van der Waals surface area contributed by atoms with Crippen molar-refractivity contribution in [2.45, 2.75) is 38.4 Å². The van der Waals surface area contributed by atoms with E-state index in [0.717, 1.165) is 11.8 Å². The van der Waals surface area contributed by atoms with Gasteiger partial charge in [-0.2, -0.15) is 13.2 Å². The zero-order valence-electron chi connectivity index (χ0n) is 7.84. The first-order valence-electron chi connectivity index (χ1n) is 4.14. The third kappa shape index (κ3) is 8.56. The average molecular weight is 262 g/mol. The summed E-state index contributed by atoms with van der Waals surface area (Å²) in [5.41, 5.74) is -0.227. The second-order valence-electron chi connectivity index (χ2n) is 3.61.